The minimum Gasteiger partial charge on any atom is -0.454 e. The van der Waals surface area contributed by atoms with Gasteiger partial charge in [-0.2, -0.15) is 0 Å². The van der Waals surface area contributed by atoms with Gasteiger partial charge in [-0.05, 0) is 36.8 Å². The van der Waals surface area contributed by atoms with Crippen molar-refractivity contribution in [3.8, 4) is 11.5 Å². The minimum atomic E-state index is -0.240. The van der Waals surface area contributed by atoms with E-state index in [2.05, 4.69) is 15.6 Å². The standard InChI is InChI=1S/C16H17N3O3/c1-11(13-4-2-3-7-17-13)19-16(20)18-9-12-5-6-14-15(8-12)22-10-21-14/h2-8,11H,9-10H2,1H3,(H2,18,19,20)/t11-/m1/s1. The summed E-state index contributed by atoms with van der Waals surface area (Å²) in [5.74, 6) is 1.44. The molecule has 0 radical (unpaired) electrons. The van der Waals surface area contributed by atoms with Gasteiger partial charge in [0.2, 0.25) is 6.79 Å². The molecule has 1 aromatic heterocycles. The molecule has 0 aliphatic carbocycles. The number of rotatable bonds is 4. The van der Waals surface area contributed by atoms with Crippen molar-refractivity contribution in [3.05, 3.63) is 53.9 Å². The highest BCUT2D eigenvalue weighted by Gasteiger charge is 2.14. The average Bonchev–Trinajstić information content (AvgIpc) is 3.01. The van der Waals surface area contributed by atoms with Gasteiger partial charge in [0.25, 0.3) is 0 Å². The summed E-state index contributed by atoms with van der Waals surface area (Å²) in [7, 11) is 0. The van der Waals surface area contributed by atoms with Crippen molar-refractivity contribution >= 4 is 6.03 Å². The van der Waals surface area contributed by atoms with Crippen LogP contribution in [0.4, 0.5) is 4.79 Å². The molecule has 1 atom stereocenters. The fourth-order valence-electron chi connectivity index (χ4n) is 2.19. The predicted octanol–water partition coefficient (Wildman–Crippen LogP) is 2.37. The largest absolute Gasteiger partial charge is 0.454 e. The van der Waals surface area contributed by atoms with Crippen LogP contribution in [0.3, 0.4) is 0 Å². The third-order valence-corrected chi connectivity index (χ3v) is 3.37. The molecule has 0 unspecified atom stereocenters. The Morgan fingerprint density at radius 2 is 2.14 bits per heavy atom. The Morgan fingerprint density at radius 3 is 2.95 bits per heavy atom. The van der Waals surface area contributed by atoms with E-state index in [0.29, 0.717) is 12.3 Å². The van der Waals surface area contributed by atoms with E-state index < -0.39 is 0 Å². The van der Waals surface area contributed by atoms with Crippen LogP contribution in [0.25, 0.3) is 0 Å². The lowest BCUT2D eigenvalue weighted by Gasteiger charge is -2.14. The number of aromatic nitrogens is 1. The number of nitrogens with one attached hydrogen (secondary N) is 2. The van der Waals surface area contributed by atoms with Crippen molar-refractivity contribution in [2.45, 2.75) is 19.5 Å². The maximum atomic E-state index is 11.9. The van der Waals surface area contributed by atoms with Gasteiger partial charge >= 0.3 is 6.03 Å². The van der Waals surface area contributed by atoms with Gasteiger partial charge in [-0.25, -0.2) is 4.79 Å². The molecule has 1 aliphatic rings. The van der Waals surface area contributed by atoms with Crippen LogP contribution in [0.15, 0.2) is 42.6 Å². The Morgan fingerprint density at radius 1 is 1.27 bits per heavy atom. The van der Waals surface area contributed by atoms with E-state index in [9.17, 15) is 4.79 Å². The zero-order chi connectivity index (χ0) is 15.4. The number of benzene rings is 1. The topological polar surface area (TPSA) is 72.5 Å². The van der Waals surface area contributed by atoms with Crippen LogP contribution in [0.5, 0.6) is 11.5 Å². The van der Waals surface area contributed by atoms with Gasteiger partial charge < -0.3 is 20.1 Å². The molecule has 2 heterocycles. The van der Waals surface area contributed by atoms with Crippen LogP contribution in [-0.2, 0) is 6.54 Å². The molecule has 6 nitrogen and oxygen atoms in total. The summed E-state index contributed by atoms with van der Waals surface area (Å²) >= 11 is 0. The molecule has 0 saturated carbocycles. The monoisotopic (exact) mass is 299 g/mol. The Bertz CT molecular complexity index is 661. The number of pyridine rings is 1. The van der Waals surface area contributed by atoms with Crippen LogP contribution in [0, 0.1) is 0 Å². The SMILES string of the molecule is C[C@@H](NC(=O)NCc1ccc2c(c1)OCO2)c1ccccn1. The van der Waals surface area contributed by atoms with E-state index >= 15 is 0 Å². The smallest absolute Gasteiger partial charge is 0.315 e. The lowest BCUT2D eigenvalue weighted by atomic mass is 10.2. The van der Waals surface area contributed by atoms with Crippen molar-refractivity contribution in [3.63, 3.8) is 0 Å². The molecule has 2 N–H and O–H groups in total. The first-order valence-corrected chi connectivity index (χ1v) is 7.06. The second-order valence-corrected chi connectivity index (χ2v) is 4.99. The van der Waals surface area contributed by atoms with Crippen LogP contribution in [0.1, 0.15) is 24.2 Å². The number of ether oxygens (including phenoxy) is 2. The van der Waals surface area contributed by atoms with E-state index in [-0.39, 0.29) is 18.9 Å². The lowest BCUT2D eigenvalue weighted by molar-refractivity contribution is 0.174. The number of nitrogens with zero attached hydrogens (tertiary/aromatic N) is 1. The van der Waals surface area contributed by atoms with Gasteiger partial charge in [-0.15, -0.1) is 0 Å². The van der Waals surface area contributed by atoms with Gasteiger partial charge in [0.15, 0.2) is 11.5 Å². The molecule has 2 amide bonds. The molecule has 1 aliphatic heterocycles. The lowest BCUT2D eigenvalue weighted by Crippen LogP contribution is -2.36. The molecular weight excluding hydrogens is 282 g/mol. The number of hydrogen-bond donors (Lipinski definition) is 2. The molecule has 22 heavy (non-hydrogen) atoms. The molecule has 1 aromatic carbocycles. The summed E-state index contributed by atoms with van der Waals surface area (Å²) in [6.07, 6.45) is 1.71. The van der Waals surface area contributed by atoms with Crippen LogP contribution in [0.2, 0.25) is 0 Å². The number of amides is 2. The van der Waals surface area contributed by atoms with E-state index in [4.69, 9.17) is 9.47 Å². The van der Waals surface area contributed by atoms with Gasteiger partial charge in [-0.1, -0.05) is 12.1 Å². The molecule has 0 spiro atoms. The Kier molecular flexibility index (Phi) is 4.09. The van der Waals surface area contributed by atoms with E-state index in [1.165, 1.54) is 0 Å². The molecule has 3 rings (SSSR count). The van der Waals surface area contributed by atoms with Crippen molar-refractivity contribution in [1.82, 2.24) is 15.6 Å². The predicted molar refractivity (Wildman–Crippen MR) is 80.6 cm³/mol. The maximum Gasteiger partial charge on any atom is 0.315 e. The Balaban J connectivity index is 1.52. The second kappa shape index (κ2) is 6.34. The number of urea groups is 1. The van der Waals surface area contributed by atoms with Gasteiger partial charge in [0.05, 0.1) is 11.7 Å². The summed E-state index contributed by atoms with van der Waals surface area (Å²) in [6, 6.07) is 10.8. The molecule has 114 valence electrons. The van der Waals surface area contributed by atoms with E-state index in [1.807, 2.05) is 43.3 Å². The van der Waals surface area contributed by atoms with E-state index in [1.54, 1.807) is 6.20 Å². The van der Waals surface area contributed by atoms with Crippen LogP contribution >= 0.6 is 0 Å². The van der Waals surface area contributed by atoms with Gasteiger partial charge in [0.1, 0.15) is 0 Å². The first-order chi connectivity index (χ1) is 10.7. The van der Waals surface area contributed by atoms with Gasteiger partial charge in [-0.3, -0.25) is 4.98 Å². The Hall–Kier alpha value is -2.76. The first kappa shape index (κ1) is 14.2. The highest BCUT2D eigenvalue weighted by molar-refractivity contribution is 5.74. The number of carbonyl (C=O) groups is 1. The zero-order valence-electron chi connectivity index (χ0n) is 12.2. The highest BCUT2D eigenvalue weighted by atomic mass is 16.7. The van der Waals surface area contributed by atoms with Crippen molar-refractivity contribution in [1.29, 1.82) is 0 Å². The normalized spacial score (nSPS) is 13.5. The molecular formula is C16H17N3O3. The zero-order valence-corrected chi connectivity index (χ0v) is 12.2. The highest BCUT2D eigenvalue weighted by Crippen LogP contribution is 2.32. The molecule has 2 aromatic rings. The minimum absolute atomic E-state index is 0.155. The third kappa shape index (κ3) is 3.28. The summed E-state index contributed by atoms with van der Waals surface area (Å²) in [5.41, 5.74) is 1.77. The molecule has 0 saturated heterocycles. The average molecular weight is 299 g/mol. The number of fused-ring (bicyclic) bond motifs is 1. The third-order valence-electron chi connectivity index (χ3n) is 3.37. The van der Waals surface area contributed by atoms with E-state index in [0.717, 1.165) is 17.0 Å². The summed E-state index contributed by atoms with van der Waals surface area (Å²) < 4.78 is 10.6. The molecule has 0 fully saturated rings. The maximum absolute atomic E-state index is 11.9. The molecule has 6 heteroatoms. The van der Waals surface area contributed by atoms with Gasteiger partial charge in [0, 0.05) is 12.7 Å². The summed E-state index contributed by atoms with van der Waals surface area (Å²) in [4.78, 5) is 16.1. The summed E-state index contributed by atoms with van der Waals surface area (Å²) in [6.45, 7) is 2.55. The van der Waals surface area contributed by atoms with Crippen LogP contribution in [-0.4, -0.2) is 17.8 Å². The number of hydrogen-bond acceptors (Lipinski definition) is 4. The Labute approximate surface area is 128 Å². The van der Waals surface area contributed by atoms with Crippen molar-refractivity contribution in [2.24, 2.45) is 0 Å². The second-order valence-electron chi connectivity index (χ2n) is 4.99. The van der Waals surface area contributed by atoms with Crippen molar-refractivity contribution < 1.29 is 14.3 Å². The first-order valence-electron chi connectivity index (χ1n) is 7.06. The van der Waals surface area contributed by atoms with Crippen molar-refractivity contribution in [2.75, 3.05) is 6.79 Å². The quantitative estimate of drug-likeness (QED) is 0.909. The number of carbonyl (C=O) groups excluding carboxylic acids is 1. The molecule has 0 bridgehead atoms. The fraction of sp³-hybridized carbons (Fsp3) is 0.250. The summed E-state index contributed by atoms with van der Waals surface area (Å²) in [5, 5.41) is 5.67. The van der Waals surface area contributed by atoms with Crippen LogP contribution < -0.4 is 20.1 Å². The fourth-order valence-corrected chi connectivity index (χ4v) is 2.19.